The predicted molar refractivity (Wildman–Crippen MR) is 110 cm³/mol. The number of benzene rings is 1. The molecule has 2 heterocycles. The van der Waals surface area contributed by atoms with Gasteiger partial charge in [-0.25, -0.2) is 0 Å². The molecule has 1 aliphatic carbocycles. The Morgan fingerprint density at radius 1 is 1.28 bits per heavy atom. The Bertz CT molecular complexity index is 1150. The van der Waals surface area contributed by atoms with E-state index in [2.05, 4.69) is 15.4 Å². The number of rotatable bonds is 5. The van der Waals surface area contributed by atoms with Gasteiger partial charge in [-0.05, 0) is 50.5 Å². The molecule has 0 saturated heterocycles. The molecular weight excluding hydrogens is 368 g/mol. The number of fused-ring (bicyclic) bond motifs is 1. The molecule has 1 aromatic carbocycles. The highest BCUT2D eigenvalue weighted by Crippen LogP contribution is 2.32. The van der Waals surface area contributed by atoms with Crippen molar-refractivity contribution in [3.05, 3.63) is 62.7 Å². The van der Waals surface area contributed by atoms with Crippen LogP contribution in [0.25, 0.3) is 10.9 Å². The van der Waals surface area contributed by atoms with Gasteiger partial charge in [-0.2, -0.15) is 5.10 Å². The molecule has 2 N–H and O–H groups in total. The molecule has 3 aromatic rings. The summed E-state index contributed by atoms with van der Waals surface area (Å²) in [7, 11) is 0. The molecule has 1 saturated carbocycles. The van der Waals surface area contributed by atoms with Gasteiger partial charge in [0.1, 0.15) is 6.29 Å². The van der Waals surface area contributed by atoms with E-state index in [9.17, 15) is 14.4 Å². The van der Waals surface area contributed by atoms with Crippen LogP contribution in [0, 0.1) is 13.8 Å². The lowest BCUT2D eigenvalue weighted by Crippen LogP contribution is -2.28. The van der Waals surface area contributed by atoms with Crippen molar-refractivity contribution in [2.24, 2.45) is 0 Å². The van der Waals surface area contributed by atoms with Gasteiger partial charge >= 0.3 is 0 Å². The summed E-state index contributed by atoms with van der Waals surface area (Å²) in [5.74, 6) is -0.330. The third-order valence-corrected chi connectivity index (χ3v) is 5.71. The molecule has 7 heteroatoms. The van der Waals surface area contributed by atoms with Crippen molar-refractivity contribution in [1.82, 2.24) is 20.1 Å². The van der Waals surface area contributed by atoms with Crippen LogP contribution < -0.4 is 10.9 Å². The van der Waals surface area contributed by atoms with Gasteiger partial charge < -0.3 is 10.3 Å². The maximum atomic E-state index is 12.9. The van der Waals surface area contributed by atoms with Crippen molar-refractivity contribution in [2.45, 2.75) is 52.1 Å². The molecular formula is C22H24N4O3. The average molecular weight is 392 g/mol. The van der Waals surface area contributed by atoms with Crippen LogP contribution in [0.5, 0.6) is 0 Å². The topological polar surface area (TPSA) is 96.8 Å². The molecule has 7 nitrogen and oxygen atoms in total. The number of aldehydes is 1. The summed E-state index contributed by atoms with van der Waals surface area (Å²) in [4.78, 5) is 39.4. The number of aromatic nitrogens is 3. The second-order valence-corrected chi connectivity index (χ2v) is 7.77. The van der Waals surface area contributed by atoms with Crippen molar-refractivity contribution in [3.63, 3.8) is 0 Å². The van der Waals surface area contributed by atoms with Crippen LogP contribution >= 0.6 is 0 Å². The Kier molecular flexibility index (Phi) is 5.05. The van der Waals surface area contributed by atoms with Crippen molar-refractivity contribution < 1.29 is 9.59 Å². The standard InChI is InChI=1S/C22H24N4O3/c1-13-7-14(2)25-22(29)18(13)10-23-21(28)17-8-15(12-27)9-20-19(17)11-24-26(20)16-5-3-4-6-16/h7-9,11-12,16H,3-6,10H2,1-2H3,(H,23,28)(H,25,29). The molecule has 2 aromatic heterocycles. The predicted octanol–water partition coefficient (Wildman–Crippen LogP) is 3.20. The highest BCUT2D eigenvalue weighted by molar-refractivity contribution is 6.08. The number of H-pyrrole nitrogens is 1. The Morgan fingerprint density at radius 2 is 2.03 bits per heavy atom. The molecule has 0 aliphatic heterocycles. The molecule has 4 rings (SSSR count). The molecule has 0 spiro atoms. The third kappa shape index (κ3) is 3.60. The van der Waals surface area contributed by atoms with Crippen LogP contribution in [-0.2, 0) is 6.54 Å². The molecule has 0 atom stereocenters. The maximum Gasteiger partial charge on any atom is 0.253 e. The van der Waals surface area contributed by atoms with E-state index < -0.39 is 0 Å². The van der Waals surface area contributed by atoms with E-state index in [4.69, 9.17) is 0 Å². The summed E-state index contributed by atoms with van der Waals surface area (Å²) in [6.07, 6.45) is 6.88. The van der Waals surface area contributed by atoms with Gasteiger partial charge in [-0.1, -0.05) is 12.8 Å². The number of hydrogen-bond acceptors (Lipinski definition) is 4. The summed E-state index contributed by atoms with van der Waals surface area (Å²) in [6, 6.07) is 5.55. The highest BCUT2D eigenvalue weighted by Gasteiger charge is 2.22. The SMILES string of the molecule is Cc1cc(C)c(CNC(=O)c2cc(C=O)cc3c2cnn3C2CCCC2)c(=O)[nH]1. The van der Waals surface area contributed by atoms with E-state index in [1.807, 2.05) is 24.6 Å². The van der Waals surface area contributed by atoms with Crippen LogP contribution in [-0.4, -0.2) is 27.0 Å². The average Bonchev–Trinajstić information content (AvgIpc) is 3.35. The van der Waals surface area contributed by atoms with Crippen LogP contribution in [0.3, 0.4) is 0 Å². The van der Waals surface area contributed by atoms with E-state index >= 15 is 0 Å². The number of hydrogen-bond donors (Lipinski definition) is 2. The summed E-state index contributed by atoms with van der Waals surface area (Å²) >= 11 is 0. The fourth-order valence-corrected chi connectivity index (χ4v) is 4.23. The normalized spacial score (nSPS) is 14.4. The zero-order valence-electron chi connectivity index (χ0n) is 16.6. The van der Waals surface area contributed by atoms with Gasteiger partial charge in [0.2, 0.25) is 0 Å². The van der Waals surface area contributed by atoms with E-state index in [1.54, 1.807) is 18.3 Å². The lowest BCUT2D eigenvalue weighted by Gasteiger charge is -2.13. The number of carbonyl (C=O) groups is 2. The molecule has 1 amide bonds. The van der Waals surface area contributed by atoms with Crippen molar-refractivity contribution in [1.29, 1.82) is 0 Å². The molecule has 1 aliphatic rings. The lowest BCUT2D eigenvalue weighted by molar-refractivity contribution is 0.0952. The number of carbonyl (C=O) groups excluding carboxylic acids is 2. The minimum Gasteiger partial charge on any atom is -0.348 e. The molecule has 29 heavy (non-hydrogen) atoms. The lowest BCUT2D eigenvalue weighted by atomic mass is 10.0. The summed E-state index contributed by atoms with van der Waals surface area (Å²) in [5, 5.41) is 8.06. The summed E-state index contributed by atoms with van der Waals surface area (Å²) < 4.78 is 1.95. The fraction of sp³-hybridized carbons (Fsp3) is 0.364. The van der Waals surface area contributed by atoms with Crippen LogP contribution in [0.4, 0.5) is 0 Å². The Labute approximate surface area is 168 Å². The Balaban J connectivity index is 1.67. The highest BCUT2D eigenvalue weighted by atomic mass is 16.2. The molecule has 0 radical (unpaired) electrons. The first kappa shape index (κ1) is 19.1. The summed E-state index contributed by atoms with van der Waals surface area (Å²) in [5.41, 5.74) is 3.56. The van der Waals surface area contributed by atoms with Gasteiger partial charge in [0.05, 0.1) is 23.3 Å². The van der Waals surface area contributed by atoms with Gasteiger partial charge in [0.15, 0.2) is 0 Å². The number of nitrogens with one attached hydrogen (secondary N) is 2. The van der Waals surface area contributed by atoms with Crippen molar-refractivity contribution >= 4 is 23.1 Å². The minimum absolute atomic E-state index is 0.115. The zero-order chi connectivity index (χ0) is 20.5. The Morgan fingerprint density at radius 3 is 2.72 bits per heavy atom. The van der Waals surface area contributed by atoms with Crippen LogP contribution in [0.15, 0.2) is 29.2 Å². The number of nitrogens with zero attached hydrogens (tertiary/aromatic N) is 2. The fourth-order valence-electron chi connectivity index (χ4n) is 4.23. The third-order valence-electron chi connectivity index (χ3n) is 5.71. The van der Waals surface area contributed by atoms with Gasteiger partial charge in [-0.3, -0.25) is 19.1 Å². The second-order valence-electron chi connectivity index (χ2n) is 7.77. The van der Waals surface area contributed by atoms with Crippen molar-refractivity contribution in [2.75, 3.05) is 0 Å². The van der Waals surface area contributed by atoms with E-state index in [1.165, 1.54) is 0 Å². The van der Waals surface area contributed by atoms with Crippen molar-refractivity contribution in [3.8, 4) is 0 Å². The molecule has 0 unspecified atom stereocenters. The number of aromatic amines is 1. The van der Waals surface area contributed by atoms with Crippen LogP contribution in [0.2, 0.25) is 0 Å². The van der Waals surface area contributed by atoms with E-state index in [-0.39, 0.29) is 18.0 Å². The smallest absolute Gasteiger partial charge is 0.253 e. The first-order valence-electron chi connectivity index (χ1n) is 9.92. The first-order valence-corrected chi connectivity index (χ1v) is 9.92. The quantitative estimate of drug-likeness (QED) is 0.652. The zero-order valence-corrected chi connectivity index (χ0v) is 16.6. The van der Waals surface area contributed by atoms with Gasteiger partial charge in [-0.15, -0.1) is 0 Å². The maximum absolute atomic E-state index is 12.9. The monoisotopic (exact) mass is 392 g/mol. The van der Waals surface area contributed by atoms with Gasteiger partial charge in [0.25, 0.3) is 11.5 Å². The number of aryl methyl sites for hydroxylation is 2. The van der Waals surface area contributed by atoms with Gasteiger partial charge in [0, 0.05) is 28.8 Å². The Hall–Kier alpha value is -3.22. The van der Waals surface area contributed by atoms with E-state index in [0.717, 1.165) is 54.1 Å². The molecule has 150 valence electrons. The minimum atomic E-state index is -0.330. The second kappa shape index (κ2) is 7.66. The number of pyridine rings is 1. The number of amides is 1. The summed E-state index contributed by atoms with van der Waals surface area (Å²) in [6.45, 7) is 3.78. The molecule has 0 bridgehead atoms. The largest absolute Gasteiger partial charge is 0.348 e. The molecule has 1 fully saturated rings. The van der Waals surface area contributed by atoms with E-state index in [0.29, 0.717) is 22.7 Å². The first-order chi connectivity index (χ1) is 14.0. The van der Waals surface area contributed by atoms with Crippen LogP contribution in [0.1, 0.15) is 69.3 Å².